The van der Waals surface area contributed by atoms with Gasteiger partial charge in [-0.2, -0.15) is 0 Å². The lowest BCUT2D eigenvalue weighted by Gasteiger charge is -2.35. The number of carbonyl (C=O) groups is 6. The minimum Gasteiger partial charge on any atom is -0.460 e. The summed E-state index contributed by atoms with van der Waals surface area (Å²) < 4.78 is 31.7. The molecule has 0 fully saturated rings. The summed E-state index contributed by atoms with van der Waals surface area (Å²) in [6.07, 6.45) is -4.66. The molecule has 0 aliphatic heterocycles. The molecule has 0 aromatic heterocycles. The van der Waals surface area contributed by atoms with Crippen LogP contribution in [0.25, 0.3) is 0 Å². The van der Waals surface area contributed by atoms with Gasteiger partial charge in [0.2, 0.25) is 17.3 Å². The fourth-order valence-corrected chi connectivity index (χ4v) is 3.21. The number of rotatable bonds is 26. The van der Waals surface area contributed by atoms with E-state index in [1.54, 1.807) is 0 Å². The van der Waals surface area contributed by atoms with Crippen molar-refractivity contribution in [3.63, 3.8) is 0 Å². The fourth-order valence-electron chi connectivity index (χ4n) is 3.21. The van der Waals surface area contributed by atoms with Gasteiger partial charge in [0.1, 0.15) is 24.4 Å². The highest BCUT2D eigenvalue weighted by Crippen LogP contribution is 2.17. The Morgan fingerprint density at radius 1 is 0.524 bits per heavy atom. The molecule has 0 radical (unpaired) electrons. The minimum atomic E-state index is -1.50. The number of hydrogen-bond donors (Lipinski definition) is 3. The molecule has 0 saturated heterocycles. The summed E-state index contributed by atoms with van der Waals surface area (Å²) in [6.45, 7) is 2.49. The largest absolute Gasteiger partial charge is 0.460 e. The van der Waals surface area contributed by atoms with Crippen LogP contribution in [0, 0.1) is 0 Å². The molecule has 0 saturated carbocycles. The lowest BCUT2D eigenvalue weighted by atomic mass is 10.0. The van der Waals surface area contributed by atoms with Crippen LogP contribution in [0.15, 0.2) is 0 Å². The molecule has 4 unspecified atom stereocenters. The standard InChI is InChI=1S/C27H44O15/c1-4-18(30)25(34)40-13-7-10-37-22(17-29)24(39-12-9-15-42-27(36)20(32)6-3)23(21(33)16-28)38-11-8-14-41-26(35)19(31)5-2/h21-24,28-29,33H,4-17H2,1-3H3. The predicted octanol–water partition coefficient (Wildman–Crippen LogP) is -0.775. The van der Waals surface area contributed by atoms with Gasteiger partial charge < -0.3 is 43.7 Å². The second-order valence-corrected chi connectivity index (χ2v) is 8.81. The Morgan fingerprint density at radius 2 is 0.881 bits per heavy atom. The van der Waals surface area contributed by atoms with Crippen molar-refractivity contribution < 1.29 is 72.5 Å². The molecule has 3 N–H and O–H groups in total. The van der Waals surface area contributed by atoms with Gasteiger partial charge >= 0.3 is 17.9 Å². The average Bonchev–Trinajstić information content (AvgIpc) is 3.00. The van der Waals surface area contributed by atoms with Crippen LogP contribution in [0.2, 0.25) is 0 Å². The maximum atomic E-state index is 11.6. The molecule has 242 valence electrons. The minimum absolute atomic E-state index is 0.00290. The van der Waals surface area contributed by atoms with E-state index in [-0.39, 0.29) is 78.2 Å². The average molecular weight is 609 g/mol. The van der Waals surface area contributed by atoms with E-state index in [0.717, 1.165) is 0 Å². The van der Waals surface area contributed by atoms with Crippen LogP contribution >= 0.6 is 0 Å². The van der Waals surface area contributed by atoms with E-state index in [4.69, 9.17) is 28.4 Å². The quantitative estimate of drug-likeness (QED) is 0.0475. The van der Waals surface area contributed by atoms with Crippen LogP contribution in [0.4, 0.5) is 0 Å². The number of Topliss-reactive ketones (excluding diaryl/α,β-unsaturated/α-hetero) is 3. The molecule has 0 aromatic carbocycles. The molecule has 0 aromatic rings. The van der Waals surface area contributed by atoms with Gasteiger partial charge in [0, 0.05) is 38.5 Å². The lowest BCUT2D eigenvalue weighted by molar-refractivity contribution is -0.184. The molecule has 0 amide bonds. The van der Waals surface area contributed by atoms with Gasteiger partial charge in [0.15, 0.2) is 0 Å². The Balaban J connectivity index is 5.29. The van der Waals surface area contributed by atoms with Gasteiger partial charge in [-0.05, 0) is 0 Å². The summed E-state index contributed by atoms with van der Waals surface area (Å²) in [5.74, 6) is -4.97. The number of hydrogen-bond acceptors (Lipinski definition) is 15. The van der Waals surface area contributed by atoms with Gasteiger partial charge in [0.05, 0.1) is 52.9 Å². The molecular weight excluding hydrogens is 564 g/mol. The number of aliphatic hydroxyl groups is 3. The Morgan fingerprint density at radius 3 is 1.21 bits per heavy atom. The first-order valence-electron chi connectivity index (χ1n) is 13.9. The third-order valence-corrected chi connectivity index (χ3v) is 5.60. The van der Waals surface area contributed by atoms with Crippen molar-refractivity contribution in [2.75, 3.05) is 52.9 Å². The van der Waals surface area contributed by atoms with E-state index < -0.39 is 72.9 Å². The van der Waals surface area contributed by atoms with Crippen LogP contribution < -0.4 is 0 Å². The van der Waals surface area contributed by atoms with Crippen LogP contribution in [0.3, 0.4) is 0 Å². The Bertz CT molecular complexity index is 843. The van der Waals surface area contributed by atoms with Crippen molar-refractivity contribution in [1.82, 2.24) is 0 Å². The van der Waals surface area contributed by atoms with Gasteiger partial charge in [-0.15, -0.1) is 0 Å². The SMILES string of the molecule is CCC(=O)C(=O)OCCCOC(CO)C(OCCCOC(=O)C(=O)CC)C(OCCCOC(=O)C(=O)CC)C(O)CO. The van der Waals surface area contributed by atoms with Crippen molar-refractivity contribution in [1.29, 1.82) is 0 Å². The molecule has 0 aliphatic rings. The molecule has 0 spiro atoms. The zero-order chi connectivity index (χ0) is 31.9. The highest BCUT2D eigenvalue weighted by atomic mass is 16.6. The summed E-state index contributed by atoms with van der Waals surface area (Å²) in [5, 5.41) is 30.1. The molecular formula is C27H44O15. The first-order valence-corrected chi connectivity index (χ1v) is 13.9. The Kier molecular flexibility index (Phi) is 22.1. The number of esters is 3. The lowest BCUT2D eigenvalue weighted by Crippen LogP contribution is -2.51. The van der Waals surface area contributed by atoms with E-state index in [2.05, 4.69) is 0 Å². The summed E-state index contributed by atoms with van der Waals surface area (Å²) in [4.78, 5) is 68.6. The number of ketones is 3. The highest BCUT2D eigenvalue weighted by molar-refractivity contribution is 6.34. The van der Waals surface area contributed by atoms with Crippen molar-refractivity contribution >= 4 is 35.3 Å². The smallest absolute Gasteiger partial charge is 0.374 e. The Hall–Kier alpha value is -2.82. The molecule has 0 aliphatic carbocycles. The van der Waals surface area contributed by atoms with Crippen LogP contribution in [-0.4, -0.2) is 128 Å². The maximum absolute atomic E-state index is 11.6. The third-order valence-electron chi connectivity index (χ3n) is 5.60. The predicted molar refractivity (Wildman–Crippen MR) is 142 cm³/mol. The first-order chi connectivity index (χ1) is 20.1. The van der Waals surface area contributed by atoms with Gasteiger partial charge in [0.25, 0.3) is 0 Å². The summed E-state index contributed by atoms with van der Waals surface area (Å²) in [5.41, 5.74) is 0. The molecule has 0 heterocycles. The zero-order valence-corrected chi connectivity index (χ0v) is 24.4. The van der Waals surface area contributed by atoms with Crippen LogP contribution in [-0.2, 0) is 57.2 Å². The maximum Gasteiger partial charge on any atom is 0.374 e. The third kappa shape index (κ3) is 16.0. The van der Waals surface area contributed by atoms with E-state index >= 15 is 0 Å². The second kappa shape index (κ2) is 23.7. The van der Waals surface area contributed by atoms with Crippen molar-refractivity contribution in [2.24, 2.45) is 0 Å². The van der Waals surface area contributed by atoms with E-state index in [0.29, 0.717) is 0 Å². The monoisotopic (exact) mass is 608 g/mol. The van der Waals surface area contributed by atoms with E-state index in [1.165, 1.54) is 20.8 Å². The fraction of sp³-hybridized carbons (Fsp3) is 0.778. The first kappa shape index (κ1) is 39.2. The summed E-state index contributed by atoms with van der Waals surface area (Å²) in [6, 6.07) is 0. The van der Waals surface area contributed by atoms with Gasteiger partial charge in [-0.1, -0.05) is 20.8 Å². The second-order valence-electron chi connectivity index (χ2n) is 8.81. The summed E-state index contributed by atoms with van der Waals surface area (Å²) in [7, 11) is 0. The molecule has 0 bridgehead atoms. The van der Waals surface area contributed by atoms with E-state index in [1.807, 2.05) is 0 Å². The van der Waals surface area contributed by atoms with Crippen molar-refractivity contribution in [3.05, 3.63) is 0 Å². The summed E-state index contributed by atoms with van der Waals surface area (Å²) >= 11 is 0. The molecule has 15 nitrogen and oxygen atoms in total. The molecule has 15 heteroatoms. The van der Waals surface area contributed by atoms with Crippen molar-refractivity contribution in [2.45, 2.75) is 83.7 Å². The molecule has 42 heavy (non-hydrogen) atoms. The number of ether oxygens (including phenoxy) is 6. The molecule has 4 atom stereocenters. The highest BCUT2D eigenvalue weighted by Gasteiger charge is 2.36. The van der Waals surface area contributed by atoms with Gasteiger partial charge in [-0.25, -0.2) is 14.4 Å². The van der Waals surface area contributed by atoms with Crippen LogP contribution in [0.5, 0.6) is 0 Å². The van der Waals surface area contributed by atoms with Gasteiger partial charge in [-0.3, -0.25) is 14.4 Å². The van der Waals surface area contributed by atoms with E-state index in [9.17, 15) is 44.1 Å². The normalized spacial score (nSPS) is 13.9. The number of aliphatic hydroxyl groups excluding tert-OH is 3. The van der Waals surface area contributed by atoms with Crippen molar-refractivity contribution in [3.8, 4) is 0 Å². The van der Waals surface area contributed by atoms with Crippen LogP contribution in [0.1, 0.15) is 59.3 Å². The number of carbonyl (C=O) groups excluding carboxylic acids is 6. The molecule has 0 rings (SSSR count). The zero-order valence-electron chi connectivity index (χ0n) is 24.4. The Labute approximate surface area is 244 Å². The topological polar surface area (TPSA) is 218 Å².